The summed E-state index contributed by atoms with van der Waals surface area (Å²) in [6.07, 6.45) is 0. The zero-order valence-corrected chi connectivity index (χ0v) is 11.7. The summed E-state index contributed by atoms with van der Waals surface area (Å²) < 4.78 is 5.53. The van der Waals surface area contributed by atoms with Crippen LogP contribution in [0.15, 0.2) is 59.4 Å². The highest BCUT2D eigenvalue weighted by Gasteiger charge is 1.98. The molecule has 0 unspecified atom stereocenters. The van der Waals surface area contributed by atoms with E-state index in [1.165, 1.54) is 6.07 Å². The van der Waals surface area contributed by atoms with Gasteiger partial charge in [0.05, 0.1) is 0 Å². The van der Waals surface area contributed by atoms with Gasteiger partial charge >= 0.3 is 0 Å². The quantitative estimate of drug-likeness (QED) is 0.831. The van der Waals surface area contributed by atoms with Crippen molar-refractivity contribution >= 4 is 0 Å². The van der Waals surface area contributed by atoms with Crippen LogP contribution in [0.3, 0.4) is 0 Å². The van der Waals surface area contributed by atoms with Gasteiger partial charge in [0, 0.05) is 0 Å². The molecule has 0 amide bonds. The molecule has 0 aliphatic heterocycles. The average molecular weight is 256 g/mol. The molecule has 0 aromatic heterocycles. The second-order valence-corrected chi connectivity index (χ2v) is 3.91. The molecule has 0 radical (unpaired) electrons. The molecule has 0 fully saturated rings. The summed E-state index contributed by atoms with van der Waals surface area (Å²) in [6.45, 7) is 6.36. The maximum atomic E-state index is 11.7. The molecule has 2 nitrogen and oxygen atoms in total. The first-order valence-electron chi connectivity index (χ1n) is 6.53. The van der Waals surface area contributed by atoms with Crippen molar-refractivity contribution in [3.63, 3.8) is 0 Å². The minimum absolute atomic E-state index is 0.0889. The van der Waals surface area contributed by atoms with Crippen molar-refractivity contribution in [1.82, 2.24) is 0 Å². The molecule has 0 spiro atoms. The lowest BCUT2D eigenvalue weighted by molar-refractivity contribution is 0.304. The third-order valence-corrected chi connectivity index (χ3v) is 2.48. The third kappa shape index (κ3) is 4.96. The maximum Gasteiger partial charge on any atom is 0.220 e. The fourth-order valence-corrected chi connectivity index (χ4v) is 1.49. The first-order chi connectivity index (χ1) is 9.25. The number of hydrogen-bond donors (Lipinski definition) is 0. The highest BCUT2D eigenvalue weighted by Crippen LogP contribution is 2.07. The fourth-order valence-electron chi connectivity index (χ4n) is 1.49. The van der Waals surface area contributed by atoms with Crippen molar-refractivity contribution in [2.45, 2.75) is 27.4 Å². The molecule has 0 saturated heterocycles. The molecule has 0 aliphatic rings. The largest absolute Gasteiger partial charge is 0.485 e. The van der Waals surface area contributed by atoms with Crippen LogP contribution in [-0.4, -0.2) is 0 Å². The van der Waals surface area contributed by atoms with E-state index in [2.05, 4.69) is 0 Å². The lowest BCUT2D eigenvalue weighted by Crippen LogP contribution is -2.04. The molecule has 2 rings (SSSR count). The predicted octanol–water partition coefficient (Wildman–Crippen LogP) is 3.96. The van der Waals surface area contributed by atoms with Crippen molar-refractivity contribution in [2.75, 3.05) is 0 Å². The Hall–Kier alpha value is -2.09. The highest BCUT2D eigenvalue weighted by molar-refractivity contribution is 5.25. The minimum atomic E-state index is -0.0889. The average Bonchev–Trinajstić information content (AvgIpc) is 2.63. The van der Waals surface area contributed by atoms with Crippen LogP contribution in [0.25, 0.3) is 0 Å². The van der Waals surface area contributed by atoms with Gasteiger partial charge in [0.2, 0.25) is 5.43 Å². The fraction of sp³-hybridized carbons (Fsp3) is 0.235. The lowest BCUT2D eigenvalue weighted by atomic mass is 10.2. The van der Waals surface area contributed by atoms with E-state index in [9.17, 15) is 4.79 Å². The van der Waals surface area contributed by atoms with E-state index in [1.54, 1.807) is 12.1 Å². The lowest BCUT2D eigenvalue weighted by Gasteiger charge is -2.03. The summed E-state index contributed by atoms with van der Waals surface area (Å²) in [7, 11) is 0. The Morgan fingerprint density at radius 3 is 2.21 bits per heavy atom. The first kappa shape index (κ1) is 15.0. The molecule has 0 atom stereocenters. The molecule has 2 aromatic rings. The van der Waals surface area contributed by atoms with E-state index >= 15 is 0 Å². The molecule has 100 valence electrons. The second kappa shape index (κ2) is 8.09. The third-order valence-electron chi connectivity index (χ3n) is 2.48. The highest BCUT2D eigenvalue weighted by atomic mass is 16.5. The summed E-state index contributed by atoms with van der Waals surface area (Å²) in [5, 5.41) is 0. The van der Waals surface area contributed by atoms with Gasteiger partial charge in [-0.3, -0.25) is 4.79 Å². The van der Waals surface area contributed by atoms with Crippen LogP contribution >= 0.6 is 0 Å². The number of benzene rings is 1. The normalized spacial score (nSPS) is 9.21. The summed E-state index contributed by atoms with van der Waals surface area (Å²) in [6, 6.07) is 16.7. The monoisotopic (exact) mass is 256 g/mol. The zero-order valence-electron chi connectivity index (χ0n) is 11.7. The van der Waals surface area contributed by atoms with Crippen LogP contribution in [0.1, 0.15) is 25.0 Å². The van der Waals surface area contributed by atoms with Crippen LogP contribution in [0, 0.1) is 6.92 Å². The van der Waals surface area contributed by atoms with Gasteiger partial charge in [0.25, 0.3) is 0 Å². The molecule has 2 aromatic carbocycles. The van der Waals surface area contributed by atoms with Gasteiger partial charge in [-0.1, -0.05) is 61.9 Å². The summed E-state index contributed by atoms with van der Waals surface area (Å²) >= 11 is 0. The zero-order chi connectivity index (χ0) is 14.1. The molecule has 0 saturated carbocycles. The number of hydrogen-bond acceptors (Lipinski definition) is 2. The van der Waals surface area contributed by atoms with Crippen molar-refractivity contribution in [1.29, 1.82) is 0 Å². The van der Waals surface area contributed by atoms with Crippen molar-refractivity contribution in [3.8, 4) is 5.75 Å². The molecule has 0 bridgehead atoms. The smallest absolute Gasteiger partial charge is 0.220 e. The predicted molar refractivity (Wildman–Crippen MR) is 79.6 cm³/mol. The Bertz CT molecular complexity index is 548. The Balaban J connectivity index is 0.000000861. The van der Waals surface area contributed by atoms with Gasteiger partial charge in [-0.2, -0.15) is 0 Å². The van der Waals surface area contributed by atoms with Gasteiger partial charge in [-0.05, 0) is 24.6 Å². The number of rotatable bonds is 3. The van der Waals surface area contributed by atoms with Gasteiger partial charge < -0.3 is 4.74 Å². The van der Waals surface area contributed by atoms with Crippen LogP contribution in [0.5, 0.6) is 5.75 Å². The molecule has 19 heavy (non-hydrogen) atoms. The summed E-state index contributed by atoms with van der Waals surface area (Å²) in [4.78, 5) is 11.7. The van der Waals surface area contributed by atoms with E-state index < -0.39 is 0 Å². The Morgan fingerprint density at radius 2 is 1.53 bits per heavy atom. The first-order valence-corrected chi connectivity index (χ1v) is 6.53. The summed E-state index contributed by atoms with van der Waals surface area (Å²) in [5.74, 6) is 0.391. The van der Waals surface area contributed by atoms with Gasteiger partial charge in [-0.25, -0.2) is 0 Å². The molecule has 2 heteroatoms. The second-order valence-electron chi connectivity index (χ2n) is 3.91. The Kier molecular flexibility index (Phi) is 6.37. The molecule has 0 aliphatic carbocycles. The molecular weight excluding hydrogens is 236 g/mol. The van der Waals surface area contributed by atoms with Gasteiger partial charge in [-0.15, -0.1) is 0 Å². The van der Waals surface area contributed by atoms with E-state index in [0.717, 1.165) is 11.1 Å². The molecule has 0 N–H and O–H groups in total. The van der Waals surface area contributed by atoms with Gasteiger partial charge in [0.1, 0.15) is 6.61 Å². The SMILES string of the molecule is CC.Cc1ccc(OCc2ccccc2)c(=O)cc1. The number of ether oxygens (including phenoxy) is 1. The number of aryl methyl sites for hydroxylation is 1. The molecular formula is C17H20O2. The van der Waals surface area contributed by atoms with Gasteiger partial charge in [0.15, 0.2) is 5.75 Å². The maximum absolute atomic E-state index is 11.7. The van der Waals surface area contributed by atoms with Crippen molar-refractivity contribution in [2.24, 2.45) is 0 Å². The summed E-state index contributed by atoms with van der Waals surface area (Å²) in [5.41, 5.74) is 2.00. The van der Waals surface area contributed by atoms with Crippen molar-refractivity contribution in [3.05, 3.63) is 75.9 Å². The van der Waals surface area contributed by atoms with Crippen LogP contribution < -0.4 is 10.2 Å². The van der Waals surface area contributed by atoms with E-state index in [1.807, 2.05) is 57.2 Å². The van der Waals surface area contributed by atoms with E-state index in [-0.39, 0.29) is 5.43 Å². The van der Waals surface area contributed by atoms with Crippen LogP contribution in [-0.2, 0) is 6.61 Å². The molecule has 0 heterocycles. The van der Waals surface area contributed by atoms with E-state index in [4.69, 9.17) is 4.74 Å². The van der Waals surface area contributed by atoms with Crippen LogP contribution in [0.4, 0.5) is 0 Å². The van der Waals surface area contributed by atoms with Crippen molar-refractivity contribution < 1.29 is 4.74 Å². The topological polar surface area (TPSA) is 26.3 Å². The Morgan fingerprint density at radius 1 is 0.895 bits per heavy atom. The van der Waals surface area contributed by atoms with E-state index in [0.29, 0.717) is 12.4 Å². The Labute approximate surface area is 114 Å². The minimum Gasteiger partial charge on any atom is -0.485 e. The standard InChI is InChI=1S/C15H14O2.C2H6/c1-12-7-9-14(16)15(10-8-12)17-11-13-5-3-2-4-6-13;1-2/h2-10H,11H2,1H3;1-2H3. The van der Waals surface area contributed by atoms with Crippen LogP contribution in [0.2, 0.25) is 0 Å².